The van der Waals surface area contributed by atoms with Gasteiger partial charge in [0.15, 0.2) is 15.5 Å². The van der Waals surface area contributed by atoms with Crippen molar-refractivity contribution in [2.45, 2.75) is 19.4 Å². The molecule has 1 aromatic rings. The van der Waals surface area contributed by atoms with E-state index in [0.717, 1.165) is 0 Å². The van der Waals surface area contributed by atoms with Crippen molar-refractivity contribution in [2.75, 3.05) is 11.5 Å². The fourth-order valence-electron chi connectivity index (χ4n) is 1.44. The van der Waals surface area contributed by atoms with E-state index >= 15 is 0 Å². The van der Waals surface area contributed by atoms with Gasteiger partial charge in [0.05, 0.1) is 18.1 Å². The van der Waals surface area contributed by atoms with Gasteiger partial charge in [-0.3, -0.25) is 4.79 Å². The van der Waals surface area contributed by atoms with Crippen LogP contribution in [0.3, 0.4) is 0 Å². The van der Waals surface area contributed by atoms with Gasteiger partial charge in [0.1, 0.15) is 5.69 Å². The van der Waals surface area contributed by atoms with E-state index in [9.17, 15) is 26.8 Å². The van der Waals surface area contributed by atoms with Gasteiger partial charge in [0, 0.05) is 6.42 Å². The number of carboxylic acids is 1. The fraction of sp³-hybridized carbons (Fsp3) is 0.556. The molecule has 9 nitrogen and oxygen atoms in total. The number of aromatic nitrogens is 3. The van der Waals surface area contributed by atoms with Crippen LogP contribution in [0.25, 0.3) is 0 Å². The number of hydrogen-bond acceptors (Lipinski definition) is 6. The Morgan fingerprint density at radius 2 is 1.95 bits per heavy atom. The molecular weight excluding hydrogens is 314 g/mol. The Morgan fingerprint density at radius 1 is 1.33 bits per heavy atom. The number of carboxylic acid groups (broad SMARTS) is 1. The third-order valence-corrected chi connectivity index (χ3v) is 4.09. The lowest BCUT2D eigenvalue weighted by atomic mass is 10.3. The van der Waals surface area contributed by atoms with E-state index in [1.54, 1.807) is 0 Å². The molecule has 0 aliphatic carbocycles. The molecule has 1 heterocycles. The van der Waals surface area contributed by atoms with Gasteiger partial charge in [-0.05, 0) is 0 Å². The first-order valence-corrected chi connectivity index (χ1v) is 7.39. The van der Waals surface area contributed by atoms with Crippen molar-refractivity contribution in [2.24, 2.45) is 5.73 Å². The first kappa shape index (κ1) is 16.9. The summed E-state index contributed by atoms with van der Waals surface area (Å²) in [5.74, 6) is -3.61. The van der Waals surface area contributed by atoms with E-state index in [4.69, 9.17) is 10.8 Å². The second-order valence-corrected chi connectivity index (χ2v) is 6.32. The van der Waals surface area contributed by atoms with Crippen LogP contribution >= 0.6 is 0 Å². The van der Waals surface area contributed by atoms with Gasteiger partial charge >= 0.3 is 5.97 Å². The normalized spacial score (nSPS) is 11.8. The maximum absolute atomic E-state index is 12.8. The molecule has 0 unspecified atom stereocenters. The highest BCUT2D eigenvalue weighted by Crippen LogP contribution is 2.21. The summed E-state index contributed by atoms with van der Waals surface area (Å²) in [6.07, 6.45) is -3.55. The van der Waals surface area contributed by atoms with Crippen molar-refractivity contribution < 1.29 is 31.9 Å². The average molecular weight is 326 g/mol. The summed E-state index contributed by atoms with van der Waals surface area (Å²) < 4.78 is 49.2. The van der Waals surface area contributed by atoms with E-state index < -0.39 is 57.6 Å². The van der Waals surface area contributed by atoms with Crippen molar-refractivity contribution in [1.82, 2.24) is 15.0 Å². The van der Waals surface area contributed by atoms with Gasteiger partial charge in [-0.1, -0.05) is 5.21 Å². The molecule has 12 heteroatoms. The number of carbonyl (C=O) groups is 2. The van der Waals surface area contributed by atoms with Gasteiger partial charge in [-0.15, -0.1) is 5.10 Å². The maximum atomic E-state index is 12.8. The molecule has 0 bridgehead atoms. The van der Waals surface area contributed by atoms with Crippen molar-refractivity contribution in [3.05, 3.63) is 11.4 Å². The van der Waals surface area contributed by atoms with E-state index in [0.29, 0.717) is 4.68 Å². The molecule has 1 rings (SSSR count). The first-order valence-electron chi connectivity index (χ1n) is 5.57. The topological polar surface area (TPSA) is 145 Å². The number of aromatic carboxylic acids is 1. The van der Waals surface area contributed by atoms with Gasteiger partial charge in [-0.2, -0.15) is 0 Å². The molecule has 0 fully saturated rings. The predicted octanol–water partition coefficient (Wildman–Crippen LogP) is -0.796. The highest BCUT2D eigenvalue weighted by Gasteiger charge is 2.27. The molecule has 0 saturated heterocycles. The summed E-state index contributed by atoms with van der Waals surface area (Å²) in [7, 11) is -3.71. The monoisotopic (exact) mass is 326 g/mol. The Labute approximate surface area is 117 Å². The van der Waals surface area contributed by atoms with Crippen LogP contribution in [0.15, 0.2) is 0 Å². The largest absolute Gasteiger partial charge is 0.476 e. The number of rotatable bonds is 8. The van der Waals surface area contributed by atoms with E-state index in [1.807, 2.05) is 0 Å². The molecule has 1 aromatic heterocycles. The third-order valence-electron chi connectivity index (χ3n) is 2.46. The van der Waals surface area contributed by atoms with Gasteiger partial charge in [0.25, 0.3) is 6.43 Å². The van der Waals surface area contributed by atoms with Crippen LogP contribution in [-0.4, -0.2) is 51.9 Å². The van der Waals surface area contributed by atoms with Crippen molar-refractivity contribution in [3.8, 4) is 0 Å². The Kier molecular flexibility index (Phi) is 5.29. The molecule has 1 amide bonds. The zero-order valence-corrected chi connectivity index (χ0v) is 11.4. The number of alkyl halides is 2. The molecule has 3 N–H and O–H groups in total. The fourth-order valence-corrected chi connectivity index (χ4v) is 2.60. The summed E-state index contributed by atoms with van der Waals surface area (Å²) in [6.45, 7) is -0.499. The average Bonchev–Trinajstić information content (AvgIpc) is 2.78. The van der Waals surface area contributed by atoms with Gasteiger partial charge in [-0.25, -0.2) is 26.7 Å². The lowest BCUT2D eigenvalue weighted by Gasteiger charge is -2.06. The summed E-state index contributed by atoms with van der Waals surface area (Å²) in [4.78, 5) is 21.2. The number of nitrogens with two attached hydrogens (primary N) is 1. The van der Waals surface area contributed by atoms with Crippen LogP contribution in [-0.2, 0) is 21.2 Å². The lowest BCUT2D eigenvalue weighted by molar-refractivity contribution is -0.117. The molecule has 0 atom stereocenters. The molecule has 0 saturated carbocycles. The SMILES string of the molecule is NC(=O)CCS(=O)(=O)CCn1nnc(C(=O)O)c1C(F)F. The quantitative estimate of drug-likeness (QED) is 0.636. The Morgan fingerprint density at radius 3 is 2.43 bits per heavy atom. The molecule has 0 aliphatic heterocycles. The van der Waals surface area contributed by atoms with Crippen LogP contribution in [0.2, 0.25) is 0 Å². The summed E-state index contributed by atoms with van der Waals surface area (Å²) >= 11 is 0. The minimum absolute atomic E-state index is 0.387. The van der Waals surface area contributed by atoms with Crippen molar-refractivity contribution in [3.63, 3.8) is 0 Å². The maximum Gasteiger partial charge on any atom is 0.358 e. The lowest BCUT2D eigenvalue weighted by Crippen LogP contribution is -2.22. The minimum atomic E-state index is -3.71. The molecule has 0 aromatic carbocycles. The second kappa shape index (κ2) is 6.56. The number of amides is 1. The summed E-state index contributed by atoms with van der Waals surface area (Å²) in [5.41, 5.74) is 2.92. The standard InChI is InChI=1S/C9H12F2N4O5S/c10-8(11)7-6(9(17)18)13-14-15(7)2-4-21(19,20)3-1-5(12)16/h8H,1-4H2,(H2,12,16)(H,17,18). The number of carbonyl (C=O) groups excluding carboxylic acids is 1. The summed E-state index contributed by atoms with van der Waals surface area (Å²) in [5, 5.41) is 15.0. The number of nitrogens with zero attached hydrogens (tertiary/aromatic N) is 3. The van der Waals surface area contributed by atoms with Crippen molar-refractivity contribution >= 4 is 21.7 Å². The van der Waals surface area contributed by atoms with E-state index in [1.165, 1.54) is 0 Å². The third kappa shape index (κ3) is 4.73. The zero-order valence-electron chi connectivity index (χ0n) is 10.6. The zero-order chi connectivity index (χ0) is 16.2. The molecule has 0 spiro atoms. The first-order chi connectivity index (χ1) is 9.64. The molecular formula is C9H12F2N4O5S. The van der Waals surface area contributed by atoms with Crippen LogP contribution in [0.5, 0.6) is 0 Å². The van der Waals surface area contributed by atoms with E-state index in [-0.39, 0.29) is 6.42 Å². The summed E-state index contributed by atoms with van der Waals surface area (Å²) in [6, 6.07) is 0. The van der Waals surface area contributed by atoms with Crippen LogP contribution in [0.4, 0.5) is 8.78 Å². The van der Waals surface area contributed by atoms with Gasteiger partial charge in [0.2, 0.25) is 5.91 Å². The van der Waals surface area contributed by atoms with Crippen LogP contribution < -0.4 is 5.73 Å². The van der Waals surface area contributed by atoms with Crippen LogP contribution in [0.1, 0.15) is 29.0 Å². The number of halogens is 2. The predicted molar refractivity (Wildman–Crippen MR) is 64.4 cm³/mol. The van der Waals surface area contributed by atoms with Gasteiger partial charge < -0.3 is 10.8 Å². The van der Waals surface area contributed by atoms with Crippen LogP contribution in [0, 0.1) is 0 Å². The molecule has 0 radical (unpaired) electrons. The second-order valence-electron chi connectivity index (χ2n) is 4.02. The minimum Gasteiger partial charge on any atom is -0.476 e. The highest BCUT2D eigenvalue weighted by molar-refractivity contribution is 7.91. The number of sulfone groups is 1. The Hall–Kier alpha value is -2.11. The Bertz CT molecular complexity index is 643. The van der Waals surface area contributed by atoms with Crippen molar-refractivity contribution in [1.29, 1.82) is 0 Å². The number of hydrogen-bond donors (Lipinski definition) is 2. The van der Waals surface area contributed by atoms with E-state index in [2.05, 4.69) is 10.3 Å². The highest BCUT2D eigenvalue weighted by atomic mass is 32.2. The Balaban J connectivity index is 2.85. The molecule has 118 valence electrons. The molecule has 0 aliphatic rings. The number of primary amides is 1. The molecule has 21 heavy (non-hydrogen) atoms. The number of aryl methyl sites for hydroxylation is 1. The smallest absolute Gasteiger partial charge is 0.358 e.